The van der Waals surface area contributed by atoms with Gasteiger partial charge in [0.05, 0.1) is 0 Å². The smallest absolute Gasteiger partial charge is 0.00954 e. The topological polar surface area (TPSA) is 12.0 Å². The van der Waals surface area contributed by atoms with E-state index in [0.29, 0.717) is 0 Å². The zero-order valence-electron chi connectivity index (χ0n) is 10.3. The molecule has 1 aliphatic heterocycles. The second-order valence-corrected chi connectivity index (χ2v) is 4.77. The minimum absolute atomic E-state index is 0.785. The quantitative estimate of drug-likeness (QED) is 0.726. The van der Waals surface area contributed by atoms with Crippen LogP contribution in [0.4, 0.5) is 0 Å². The molecule has 1 saturated heterocycles. The van der Waals surface area contributed by atoms with Crippen LogP contribution in [0.2, 0.25) is 0 Å². The fourth-order valence-electron chi connectivity index (χ4n) is 3.07. The molecule has 84 valence electrons. The summed E-state index contributed by atoms with van der Waals surface area (Å²) in [5.74, 6) is 1.85. The molecular weight excluding hydrogens is 170 g/mol. The second kappa shape index (κ2) is 5.75. The molecule has 1 fully saturated rings. The van der Waals surface area contributed by atoms with Gasteiger partial charge in [0.15, 0.2) is 0 Å². The summed E-state index contributed by atoms with van der Waals surface area (Å²) in [7, 11) is 0. The Kier molecular flexibility index (Phi) is 4.94. The highest BCUT2D eigenvalue weighted by molar-refractivity contribution is 4.89. The van der Waals surface area contributed by atoms with E-state index >= 15 is 0 Å². The molecule has 1 heterocycles. The Morgan fingerprint density at radius 3 is 1.50 bits per heavy atom. The summed E-state index contributed by atoms with van der Waals surface area (Å²) in [6.45, 7) is 9.32. The minimum Gasteiger partial charge on any atom is -0.311 e. The van der Waals surface area contributed by atoms with Crippen molar-refractivity contribution in [2.75, 3.05) is 0 Å². The monoisotopic (exact) mass is 197 g/mol. The molecule has 0 saturated carbocycles. The van der Waals surface area contributed by atoms with Gasteiger partial charge in [-0.15, -0.1) is 0 Å². The Morgan fingerprint density at radius 1 is 0.786 bits per heavy atom. The molecule has 0 aromatic carbocycles. The molecule has 0 bridgehead atoms. The number of rotatable bonds is 4. The first-order chi connectivity index (χ1) is 6.76. The molecule has 1 rings (SSSR count). The van der Waals surface area contributed by atoms with Crippen molar-refractivity contribution in [1.29, 1.82) is 0 Å². The molecule has 1 aliphatic rings. The maximum Gasteiger partial charge on any atom is 0.00954 e. The molecule has 4 unspecified atom stereocenters. The molecule has 1 nitrogen and oxygen atoms in total. The second-order valence-electron chi connectivity index (χ2n) is 4.77. The summed E-state index contributed by atoms with van der Waals surface area (Å²) >= 11 is 0. The van der Waals surface area contributed by atoms with Crippen molar-refractivity contribution in [3.8, 4) is 0 Å². The van der Waals surface area contributed by atoms with E-state index in [9.17, 15) is 0 Å². The van der Waals surface area contributed by atoms with Crippen LogP contribution in [0.1, 0.15) is 59.8 Å². The van der Waals surface area contributed by atoms with Crippen molar-refractivity contribution < 1.29 is 0 Å². The Morgan fingerprint density at radius 2 is 1.21 bits per heavy atom. The lowest BCUT2D eigenvalue weighted by molar-refractivity contribution is 0.146. The summed E-state index contributed by atoms with van der Waals surface area (Å²) in [5, 5.41) is 3.85. The summed E-state index contributed by atoms with van der Waals surface area (Å²) in [4.78, 5) is 0. The zero-order chi connectivity index (χ0) is 10.6. The molecule has 0 spiro atoms. The summed E-state index contributed by atoms with van der Waals surface area (Å²) in [6.07, 6.45) is 6.74. The highest BCUT2D eigenvalue weighted by Crippen LogP contribution is 2.31. The van der Waals surface area contributed by atoms with E-state index in [4.69, 9.17) is 0 Å². The van der Waals surface area contributed by atoms with Crippen LogP contribution < -0.4 is 5.32 Å². The van der Waals surface area contributed by atoms with E-state index in [1.165, 1.54) is 32.1 Å². The Bertz CT molecular complexity index is 121. The molecule has 0 aromatic heterocycles. The van der Waals surface area contributed by atoms with Crippen molar-refractivity contribution >= 4 is 0 Å². The third-order valence-electron chi connectivity index (χ3n) is 4.10. The molecule has 14 heavy (non-hydrogen) atoms. The Labute approximate surface area is 89.7 Å². The van der Waals surface area contributed by atoms with E-state index < -0.39 is 0 Å². The van der Waals surface area contributed by atoms with E-state index in [1.807, 2.05) is 0 Å². The lowest BCUT2D eigenvalue weighted by Gasteiger charge is -2.42. The van der Waals surface area contributed by atoms with Crippen LogP contribution in [0.25, 0.3) is 0 Å². The van der Waals surface area contributed by atoms with E-state index in [2.05, 4.69) is 33.0 Å². The van der Waals surface area contributed by atoms with Crippen LogP contribution in [0.5, 0.6) is 0 Å². The molecular formula is C13H27N. The first kappa shape index (κ1) is 12.0. The third kappa shape index (κ3) is 2.50. The fraction of sp³-hybridized carbons (Fsp3) is 1.00. The highest BCUT2D eigenvalue weighted by Gasteiger charge is 2.32. The van der Waals surface area contributed by atoms with Crippen LogP contribution in [0.3, 0.4) is 0 Å². The first-order valence-electron chi connectivity index (χ1n) is 6.52. The van der Waals surface area contributed by atoms with Crippen LogP contribution in [0, 0.1) is 11.8 Å². The van der Waals surface area contributed by atoms with Crippen molar-refractivity contribution in [2.45, 2.75) is 71.9 Å². The van der Waals surface area contributed by atoms with Crippen molar-refractivity contribution in [3.05, 3.63) is 0 Å². The number of hydrogen-bond donors (Lipinski definition) is 1. The number of piperidine rings is 1. The summed E-state index contributed by atoms with van der Waals surface area (Å²) in [5.41, 5.74) is 0. The standard InChI is InChI=1S/C13H27N/c1-5-10-9-11(6-2)13(8-4)14-12(10)7-3/h10-14H,5-9H2,1-4H3. The van der Waals surface area contributed by atoms with Crippen LogP contribution in [-0.2, 0) is 0 Å². The van der Waals surface area contributed by atoms with Crippen molar-refractivity contribution in [1.82, 2.24) is 5.32 Å². The molecule has 0 aromatic rings. The van der Waals surface area contributed by atoms with Gasteiger partial charge in [-0.25, -0.2) is 0 Å². The summed E-state index contributed by atoms with van der Waals surface area (Å²) < 4.78 is 0. The molecule has 1 N–H and O–H groups in total. The van der Waals surface area contributed by atoms with E-state index in [1.54, 1.807) is 0 Å². The Hall–Kier alpha value is -0.0400. The molecule has 0 amide bonds. The van der Waals surface area contributed by atoms with E-state index in [-0.39, 0.29) is 0 Å². The maximum atomic E-state index is 3.85. The van der Waals surface area contributed by atoms with Gasteiger partial charge in [-0.05, 0) is 31.1 Å². The average molecular weight is 197 g/mol. The van der Waals surface area contributed by atoms with Gasteiger partial charge in [0.1, 0.15) is 0 Å². The lowest BCUT2D eigenvalue weighted by Crippen LogP contribution is -2.51. The predicted octanol–water partition coefficient (Wildman–Crippen LogP) is 3.59. The molecule has 1 heteroatoms. The number of nitrogens with one attached hydrogen (secondary N) is 1. The minimum atomic E-state index is 0.785. The third-order valence-corrected chi connectivity index (χ3v) is 4.10. The van der Waals surface area contributed by atoms with E-state index in [0.717, 1.165) is 23.9 Å². The molecule has 4 atom stereocenters. The van der Waals surface area contributed by atoms with Gasteiger partial charge in [0.25, 0.3) is 0 Å². The molecule has 0 aliphatic carbocycles. The largest absolute Gasteiger partial charge is 0.311 e. The van der Waals surface area contributed by atoms with Crippen LogP contribution >= 0.6 is 0 Å². The maximum absolute atomic E-state index is 3.85. The van der Waals surface area contributed by atoms with Crippen LogP contribution in [0.15, 0.2) is 0 Å². The van der Waals surface area contributed by atoms with Gasteiger partial charge in [0, 0.05) is 12.1 Å². The van der Waals surface area contributed by atoms with Gasteiger partial charge in [0.2, 0.25) is 0 Å². The Balaban J connectivity index is 2.59. The summed E-state index contributed by atoms with van der Waals surface area (Å²) in [6, 6.07) is 1.57. The predicted molar refractivity (Wildman–Crippen MR) is 63.5 cm³/mol. The van der Waals surface area contributed by atoms with Gasteiger partial charge in [-0.1, -0.05) is 40.5 Å². The van der Waals surface area contributed by atoms with Crippen molar-refractivity contribution in [3.63, 3.8) is 0 Å². The van der Waals surface area contributed by atoms with Gasteiger partial charge in [-0.3, -0.25) is 0 Å². The van der Waals surface area contributed by atoms with Crippen molar-refractivity contribution in [2.24, 2.45) is 11.8 Å². The van der Waals surface area contributed by atoms with Crippen LogP contribution in [-0.4, -0.2) is 12.1 Å². The number of hydrogen-bond acceptors (Lipinski definition) is 1. The SMILES string of the molecule is CCC1CC(CC)C(CC)NC1CC. The molecule has 0 radical (unpaired) electrons. The zero-order valence-corrected chi connectivity index (χ0v) is 10.3. The highest BCUT2D eigenvalue weighted by atomic mass is 15.0. The average Bonchev–Trinajstić information content (AvgIpc) is 2.26. The first-order valence-corrected chi connectivity index (χ1v) is 6.52. The fourth-order valence-corrected chi connectivity index (χ4v) is 3.07. The normalized spacial score (nSPS) is 38.6. The van der Waals surface area contributed by atoms with Gasteiger partial charge >= 0.3 is 0 Å². The lowest BCUT2D eigenvalue weighted by atomic mass is 9.76. The van der Waals surface area contributed by atoms with Gasteiger partial charge in [-0.2, -0.15) is 0 Å². The van der Waals surface area contributed by atoms with Gasteiger partial charge < -0.3 is 5.32 Å².